The summed E-state index contributed by atoms with van der Waals surface area (Å²) in [5.41, 5.74) is 2.35. The van der Waals surface area contributed by atoms with Gasteiger partial charge in [0, 0.05) is 19.5 Å². The summed E-state index contributed by atoms with van der Waals surface area (Å²) in [4.78, 5) is 4.14. The van der Waals surface area contributed by atoms with E-state index in [0.717, 1.165) is 0 Å². The third-order valence-corrected chi connectivity index (χ3v) is 1.98. The highest BCUT2D eigenvalue weighted by Gasteiger charge is 2.08. The number of rotatable bonds is 4. The molecule has 1 N–H and O–H groups in total. The van der Waals surface area contributed by atoms with Crippen molar-refractivity contribution in [3.8, 4) is 0 Å². The summed E-state index contributed by atoms with van der Waals surface area (Å²) in [6, 6.07) is 2.35. The van der Waals surface area contributed by atoms with Crippen molar-refractivity contribution < 1.29 is 4.74 Å². The normalized spacial score (nSPS) is 12.8. The molecule has 0 bridgehead atoms. The predicted molar refractivity (Wildman–Crippen MR) is 52.7 cm³/mol. The number of likely N-dealkylation sites (N-methyl/N-ethyl adjacent to an activating group) is 1. The van der Waals surface area contributed by atoms with Gasteiger partial charge < -0.3 is 10.1 Å². The first-order valence-electron chi connectivity index (χ1n) is 4.35. The van der Waals surface area contributed by atoms with E-state index in [-0.39, 0.29) is 6.04 Å². The molecule has 3 heteroatoms. The maximum Gasteiger partial charge on any atom is 0.0658 e. The van der Waals surface area contributed by atoms with Gasteiger partial charge in [-0.3, -0.25) is 4.98 Å². The Bertz CT molecular complexity index is 263. The van der Waals surface area contributed by atoms with Gasteiger partial charge in [-0.1, -0.05) is 6.07 Å². The first-order chi connectivity index (χ1) is 6.27. The standard InChI is InChI=1S/C10H16N2O/c1-8-4-9(6-12-5-8)10(11-2)7-13-3/h4-6,10-11H,7H2,1-3H3. The molecule has 3 nitrogen and oxygen atoms in total. The zero-order valence-electron chi connectivity index (χ0n) is 8.37. The number of methoxy groups -OCH3 is 1. The van der Waals surface area contributed by atoms with E-state index >= 15 is 0 Å². The summed E-state index contributed by atoms with van der Waals surface area (Å²) in [5, 5.41) is 3.18. The topological polar surface area (TPSA) is 34.1 Å². The molecule has 72 valence electrons. The zero-order chi connectivity index (χ0) is 9.68. The Hall–Kier alpha value is -0.930. The molecule has 0 aromatic carbocycles. The number of hydrogen-bond acceptors (Lipinski definition) is 3. The smallest absolute Gasteiger partial charge is 0.0658 e. The molecular formula is C10H16N2O. The SMILES string of the molecule is CNC(COC)c1cncc(C)c1. The van der Waals surface area contributed by atoms with Crippen molar-refractivity contribution in [2.24, 2.45) is 0 Å². The zero-order valence-corrected chi connectivity index (χ0v) is 8.37. The quantitative estimate of drug-likeness (QED) is 0.758. The number of aromatic nitrogens is 1. The third-order valence-electron chi connectivity index (χ3n) is 1.98. The number of nitrogens with one attached hydrogen (secondary N) is 1. The van der Waals surface area contributed by atoms with Crippen molar-refractivity contribution in [2.75, 3.05) is 20.8 Å². The van der Waals surface area contributed by atoms with E-state index < -0.39 is 0 Å². The molecule has 1 heterocycles. The first-order valence-corrected chi connectivity index (χ1v) is 4.35. The monoisotopic (exact) mass is 180 g/mol. The van der Waals surface area contributed by atoms with Crippen LogP contribution in [-0.2, 0) is 4.74 Å². The van der Waals surface area contributed by atoms with Gasteiger partial charge in [0.2, 0.25) is 0 Å². The molecule has 0 amide bonds. The highest BCUT2D eigenvalue weighted by Crippen LogP contribution is 2.12. The Labute approximate surface area is 79.1 Å². The first kappa shape index (κ1) is 10.2. The summed E-state index contributed by atoms with van der Waals surface area (Å²) in [5.74, 6) is 0. The molecule has 0 fully saturated rings. The van der Waals surface area contributed by atoms with E-state index in [1.165, 1.54) is 11.1 Å². The van der Waals surface area contributed by atoms with E-state index in [1.807, 2.05) is 26.4 Å². The van der Waals surface area contributed by atoms with Crippen LogP contribution in [0, 0.1) is 6.92 Å². The average molecular weight is 180 g/mol. The fourth-order valence-corrected chi connectivity index (χ4v) is 1.28. The summed E-state index contributed by atoms with van der Waals surface area (Å²) < 4.78 is 5.10. The van der Waals surface area contributed by atoms with Gasteiger partial charge >= 0.3 is 0 Å². The lowest BCUT2D eigenvalue weighted by Crippen LogP contribution is -2.21. The Balaban J connectivity index is 2.78. The molecule has 1 unspecified atom stereocenters. The van der Waals surface area contributed by atoms with Crippen LogP contribution in [0.2, 0.25) is 0 Å². The Kier molecular flexibility index (Phi) is 3.86. The van der Waals surface area contributed by atoms with Crippen LogP contribution >= 0.6 is 0 Å². The minimum Gasteiger partial charge on any atom is -0.383 e. The molecule has 1 aromatic heterocycles. The lowest BCUT2D eigenvalue weighted by atomic mass is 10.1. The Morgan fingerprint density at radius 2 is 2.31 bits per heavy atom. The minimum absolute atomic E-state index is 0.234. The summed E-state index contributed by atoms with van der Waals surface area (Å²) in [6.07, 6.45) is 3.72. The minimum atomic E-state index is 0.234. The van der Waals surface area contributed by atoms with Crippen molar-refractivity contribution in [1.29, 1.82) is 0 Å². The van der Waals surface area contributed by atoms with Gasteiger partial charge in [0.25, 0.3) is 0 Å². The molecule has 13 heavy (non-hydrogen) atoms. The maximum atomic E-state index is 5.10. The van der Waals surface area contributed by atoms with Crippen molar-refractivity contribution in [1.82, 2.24) is 10.3 Å². The highest BCUT2D eigenvalue weighted by molar-refractivity contribution is 5.20. The number of aryl methyl sites for hydroxylation is 1. The number of pyridine rings is 1. The predicted octanol–water partition coefficient (Wildman–Crippen LogP) is 1.30. The lowest BCUT2D eigenvalue weighted by molar-refractivity contribution is 0.170. The summed E-state index contributed by atoms with van der Waals surface area (Å²) in [7, 11) is 3.62. The van der Waals surface area contributed by atoms with Crippen LogP contribution in [0.4, 0.5) is 0 Å². The van der Waals surface area contributed by atoms with Gasteiger partial charge in [-0.15, -0.1) is 0 Å². The van der Waals surface area contributed by atoms with Crippen molar-refractivity contribution in [3.05, 3.63) is 29.6 Å². The Morgan fingerprint density at radius 1 is 1.54 bits per heavy atom. The molecule has 1 aromatic rings. The van der Waals surface area contributed by atoms with Crippen LogP contribution in [0.5, 0.6) is 0 Å². The van der Waals surface area contributed by atoms with Crippen LogP contribution in [0.1, 0.15) is 17.2 Å². The van der Waals surface area contributed by atoms with Crippen LogP contribution in [0.25, 0.3) is 0 Å². The molecule has 0 radical (unpaired) electrons. The average Bonchev–Trinajstić information content (AvgIpc) is 2.14. The largest absolute Gasteiger partial charge is 0.383 e. The van der Waals surface area contributed by atoms with E-state index in [0.29, 0.717) is 6.61 Å². The van der Waals surface area contributed by atoms with Gasteiger partial charge in [-0.25, -0.2) is 0 Å². The maximum absolute atomic E-state index is 5.10. The number of ether oxygens (including phenoxy) is 1. The van der Waals surface area contributed by atoms with Gasteiger partial charge in [0.1, 0.15) is 0 Å². The summed E-state index contributed by atoms with van der Waals surface area (Å²) >= 11 is 0. The van der Waals surface area contributed by atoms with Gasteiger partial charge in [-0.2, -0.15) is 0 Å². The van der Waals surface area contributed by atoms with Crippen molar-refractivity contribution in [2.45, 2.75) is 13.0 Å². The number of nitrogens with zero attached hydrogens (tertiary/aromatic N) is 1. The second-order valence-corrected chi connectivity index (χ2v) is 3.09. The van der Waals surface area contributed by atoms with Crippen LogP contribution in [-0.4, -0.2) is 25.7 Å². The van der Waals surface area contributed by atoms with E-state index in [2.05, 4.69) is 16.4 Å². The molecular weight excluding hydrogens is 164 g/mol. The molecule has 1 rings (SSSR count). The van der Waals surface area contributed by atoms with Crippen LogP contribution in [0.3, 0.4) is 0 Å². The molecule has 1 atom stereocenters. The second kappa shape index (κ2) is 4.94. The van der Waals surface area contributed by atoms with E-state index in [4.69, 9.17) is 4.74 Å². The van der Waals surface area contributed by atoms with E-state index in [1.54, 1.807) is 7.11 Å². The van der Waals surface area contributed by atoms with Crippen LogP contribution in [0.15, 0.2) is 18.5 Å². The molecule has 0 aliphatic heterocycles. The number of hydrogen-bond donors (Lipinski definition) is 1. The van der Waals surface area contributed by atoms with Gasteiger partial charge in [-0.05, 0) is 25.1 Å². The molecule has 0 aliphatic rings. The van der Waals surface area contributed by atoms with Crippen molar-refractivity contribution >= 4 is 0 Å². The highest BCUT2D eigenvalue weighted by atomic mass is 16.5. The molecule has 0 saturated heterocycles. The summed E-state index contributed by atoms with van der Waals surface area (Å²) in [6.45, 7) is 2.71. The van der Waals surface area contributed by atoms with Gasteiger partial charge in [0.15, 0.2) is 0 Å². The van der Waals surface area contributed by atoms with Crippen LogP contribution < -0.4 is 5.32 Å². The molecule has 0 aliphatic carbocycles. The second-order valence-electron chi connectivity index (χ2n) is 3.09. The van der Waals surface area contributed by atoms with Gasteiger partial charge in [0.05, 0.1) is 12.6 Å². The molecule has 0 spiro atoms. The third kappa shape index (κ3) is 2.79. The fraction of sp³-hybridized carbons (Fsp3) is 0.500. The fourth-order valence-electron chi connectivity index (χ4n) is 1.28. The molecule has 0 saturated carbocycles. The van der Waals surface area contributed by atoms with E-state index in [9.17, 15) is 0 Å². The van der Waals surface area contributed by atoms with Crippen molar-refractivity contribution in [3.63, 3.8) is 0 Å². The lowest BCUT2D eigenvalue weighted by Gasteiger charge is -2.15. The Morgan fingerprint density at radius 3 is 2.85 bits per heavy atom.